The Morgan fingerprint density at radius 1 is 1.17 bits per heavy atom. The first-order valence-electron chi connectivity index (χ1n) is 12.2. The molecule has 1 fully saturated rings. The minimum Gasteiger partial charge on any atom is -0.505 e. The van der Waals surface area contributed by atoms with Crippen LogP contribution < -0.4 is 10.6 Å². The number of nitrogens with zero attached hydrogens (tertiary/aromatic N) is 5. The molecule has 2 aromatic rings. The minimum atomic E-state index is 0.132. The summed E-state index contributed by atoms with van der Waals surface area (Å²) in [5.41, 5.74) is 2.06. The van der Waals surface area contributed by atoms with E-state index in [0.717, 1.165) is 67.4 Å². The topological polar surface area (TPSA) is 102 Å². The van der Waals surface area contributed by atoms with E-state index in [2.05, 4.69) is 47.7 Å². The molecule has 0 saturated carbocycles. The van der Waals surface area contributed by atoms with Crippen molar-refractivity contribution in [2.24, 2.45) is 4.99 Å². The van der Waals surface area contributed by atoms with E-state index in [1.165, 1.54) is 0 Å². The number of piperazine rings is 1. The van der Waals surface area contributed by atoms with Crippen molar-refractivity contribution in [3.8, 4) is 0 Å². The summed E-state index contributed by atoms with van der Waals surface area (Å²) in [5.74, 6) is 3.94. The number of aliphatic hydroxyl groups excluding tert-OH is 1. The van der Waals surface area contributed by atoms with E-state index >= 15 is 0 Å². The summed E-state index contributed by atoms with van der Waals surface area (Å²) in [6.07, 6.45) is 6.71. The molecule has 10 heteroatoms. The lowest BCUT2D eigenvalue weighted by Gasteiger charge is -2.38. The van der Waals surface area contributed by atoms with Crippen LogP contribution in [0.1, 0.15) is 45.6 Å². The van der Waals surface area contributed by atoms with Crippen LogP contribution in [0.3, 0.4) is 0 Å². The number of aryl methyl sites for hydroxylation is 1. The zero-order valence-corrected chi connectivity index (χ0v) is 22.7. The van der Waals surface area contributed by atoms with Gasteiger partial charge in [0, 0.05) is 43.7 Å². The predicted molar refractivity (Wildman–Crippen MR) is 148 cm³/mol. The van der Waals surface area contributed by atoms with Crippen molar-refractivity contribution >= 4 is 29.6 Å². The zero-order chi connectivity index (χ0) is 26.1. The van der Waals surface area contributed by atoms with E-state index in [1.54, 1.807) is 0 Å². The maximum atomic E-state index is 11.1. The summed E-state index contributed by atoms with van der Waals surface area (Å²) in [7, 11) is 0. The molecule has 36 heavy (non-hydrogen) atoms. The number of anilines is 2. The van der Waals surface area contributed by atoms with Gasteiger partial charge in [0.15, 0.2) is 11.6 Å². The van der Waals surface area contributed by atoms with Crippen molar-refractivity contribution in [3.05, 3.63) is 70.9 Å². The Hall–Kier alpha value is -3.53. The Morgan fingerprint density at radius 2 is 1.86 bits per heavy atom. The molecule has 0 aromatic carbocycles. The van der Waals surface area contributed by atoms with Gasteiger partial charge in [-0.3, -0.25) is 0 Å². The number of aliphatic hydroxyl groups is 1. The van der Waals surface area contributed by atoms with Gasteiger partial charge >= 0.3 is 0 Å². The van der Waals surface area contributed by atoms with Crippen LogP contribution in [0, 0.1) is 6.92 Å². The third-order valence-corrected chi connectivity index (χ3v) is 6.48. The number of allylic oxidation sites excluding steroid dienone is 3. The third kappa shape index (κ3) is 6.78. The van der Waals surface area contributed by atoms with Gasteiger partial charge in [-0.1, -0.05) is 19.6 Å². The fraction of sp³-hybridized carbons (Fsp3) is 0.423. The molecule has 194 valence electrons. The van der Waals surface area contributed by atoms with Crippen LogP contribution in [0.2, 0.25) is 0 Å². The van der Waals surface area contributed by atoms with Crippen LogP contribution >= 0.6 is 11.7 Å². The van der Waals surface area contributed by atoms with Crippen molar-refractivity contribution in [1.29, 1.82) is 0 Å². The Labute approximate surface area is 217 Å². The second kappa shape index (κ2) is 13.0. The number of nitrogens with one attached hydrogen (secondary N) is 2. The molecule has 2 aromatic heterocycles. The second-order valence-electron chi connectivity index (χ2n) is 8.42. The molecule has 3 rings (SSSR count). The molecular formula is C26H37N7O2S. The van der Waals surface area contributed by atoms with Gasteiger partial charge in [0.05, 0.1) is 24.0 Å². The van der Waals surface area contributed by atoms with Crippen LogP contribution in [0.15, 0.2) is 68.8 Å². The first-order valence-corrected chi connectivity index (χ1v) is 12.9. The Bertz CT molecular complexity index is 1150. The van der Waals surface area contributed by atoms with E-state index in [4.69, 9.17) is 4.42 Å². The first-order chi connectivity index (χ1) is 17.4. The summed E-state index contributed by atoms with van der Waals surface area (Å²) >= 11 is 1.09. The van der Waals surface area contributed by atoms with E-state index in [1.807, 2.05) is 58.2 Å². The number of aliphatic imine (C=N–C) groups is 1. The smallest absolute Gasteiger partial charge is 0.188 e. The summed E-state index contributed by atoms with van der Waals surface area (Å²) in [4.78, 5) is 9.04. The number of hydrogen-bond acceptors (Lipinski definition) is 10. The minimum absolute atomic E-state index is 0.132. The Morgan fingerprint density at radius 3 is 2.47 bits per heavy atom. The highest BCUT2D eigenvalue weighted by atomic mass is 32.1. The van der Waals surface area contributed by atoms with Gasteiger partial charge in [-0.2, -0.15) is 8.75 Å². The number of rotatable bonds is 11. The SMILES string of the molecule is C=C(/C(C)=C(O)/C(=C\C)Nc1nsnc1NCc1ccc(C)o1)N1CCN(C(=C/C)/N=C\CC)CC1. The van der Waals surface area contributed by atoms with Gasteiger partial charge in [-0.15, -0.1) is 0 Å². The molecule has 0 atom stereocenters. The normalized spacial score (nSPS) is 15.9. The molecule has 9 nitrogen and oxygen atoms in total. The van der Waals surface area contributed by atoms with E-state index in [-0.39, 0.29) is 5.76 Å². The van der Waals surface area contributed by atoms with Crippen molar-refractivity contribution in [2.75, 3.05) is 36.8 Å². The molecule has 0 aliphatic carbocycles. The molecule has 1 saturated heterocycles. The van der Waals surface area contributed by atoms with E-state index in [0.29, 0.717) is 29.5 Å². The predicted octanol–water partition coefficient (Wildman–Crippen LogP) is 5.67. The van der Waals surface area contributed by atoms with Crippen molar-refractivity contribution in [2.45, 2.75) is 47.6 Å². The highest BCUT2D eigenvalue weighted by Gasteiger charge is 2.22. The lowest BCUT2D eigenvalue weighted by atomic mass is 10.1. The molecule has 3 heterocycles. The summed E-state index contributed by atoms with van der Waals surface area (Å²) in [6, 6.07) is 3.85. The monoisotopic (exact) mass is 511 g/mol. The van der Waals surface area contributed by atoms with Crippen molar-refractivity contribution in [1.82, 2.24) is 18.5 Å². The van der Waals surface area contributed by atoms with E-state index in [9.17, 15) is 5.11 Å². The van der Waals surface area contributed by atoms with Crippen LogP contribution in [-0.2, 0) is 6.54 Å². The van der Waals surface area contributed by atoms with Gasteiger partial charge < -0.3 is 30.0 Å². The fourth-order valence-corrected chi connectivity index (χ4v) is 4.33. The molecule has 0 unspecified atom stereocenters. The number of hydrogen-bond donors (Lipinski definition) is 3. The Kier molecular flexibility index (Phi) is 9.75. The summed E-state index contributed by atoms with van der Waals surface area (Å²) < 4.78 is 14.3. The second-order valence-corrected chi connectivity index (χ2v) is 8.94. The van der Waals surface area contributed by atoms with Gasteiger partial charge in [0.25, 0.3) is 0 Å². The summed E-state index contributed by atoms with van der Waals surface area (Å²) in [6.45, 7) is 17.8. The van der Waals surface area contributed by atoms with Gasteiger partial charge in [-0.05, 0) is 52.3 Å². The maximum Gasteiger partial charge on any atom is 0.188 e. The van der Waals surface area contributed by atoms with Crippen LogP contribution in [-0.4, -0.2) is 56.0 Å². The van der Waals surface area contributed by atoms with Crippen LogP contribution in [0.4, 0.5) is 11.6 Å². The molecule has 0 spiro atoms. The highest BCUT2D eigenvalue weighted by Crippen LogP contribution is 2.26. The third-order valence-electron chi connectivity index (χ3n) is 5.95. The first kappa shape index (κ1) is 27.1. The van der Waals surface area contributed by atoms with Gasteiger partial charge in [0.2, 0.25) is 0 Å². The van der Waals surface area contributed by atoms with E-state index < -0.39 is 0 Å². The molecule has 0 radical (unpaired) electrons. The quantitative estimate of drug-likeness (QED) is 0.201. The maximum absolute atomic E-state index is 11.1. The standard InChI is InChI=1S/C26H37N7O2S/c1-7-12-27-23(9-3)33-15-13-32(14-16-33)20(6)19(5)24(34)22(8-2)29-26-25(30-36-31-26)28-17-21-11-10-18(4)35-21/h8-12,34H,6-7,13-17H2,1-5H3,(H,28,30)(H,29,31)/b22-8+,23-9+,24-19-,27-12-. The van der Waals surface area contributed by atoms with Crippen LogP contribution in [0.5, 0.6) is 0 Å². The number of furan rings is 1. The average Bonchev–Trinajstić information content (AvgIpc) is 3.53. The van der Waals surface area contributed by atoms with Gasteiger partial charge in [-0.25, -0.2) is 4.99 Å². The molecule has 3 N–H and O–H groups in total. The molecule has 0 amide bonds. The van der Waals surface area contributed by atoms with Crippen molar-refractivity contribution in [3.63, 3.8) is 0 Å². The lowest BCUT2D eigenvalue weighted by Crippen LogP contribution is -2.45. The highest BCUT2D eigenvalue weighted by molar-refractivity contribution is 6.99. The number of aromatic nitrogens is 2. The fourth-order valence-electron chi connectivity index (χ4n) is 3.84. The Balaban J connectivity index is 1.63. The van der Waals surface area contributed by atoms with Gasteiger partial charge in [0.1, 0.15) is 23.1 Å². The van der Waals surface area contributed by atoms with Crippen LogP contribution in [0.25, 0.3) is 0 Å². The lowest BCUT2D eigenvalue weighted by molar-refractivity contribution is 0.192. The largest absolute Gasteiger partial charge is 0.505 e. The molecule has 1 aliphatic rings. The molecule has 0 bridgehead atoms. The molecular weight excluding hydrogens is 474 g/mol. The average molecular weight is 512 g/mol. The van der Waals surface area contributed by atoms with Crippen molar-refractivity contribution < 1.29 is 9.52 Å². The molecule has 1 aliphatic heterocycles. The zero-order valence-electron chi connectivity index (χ0n) is 21.8. The summed E-state index contributed by atoms with van der Waals surface area (Å²) in [5, 5.41) is 17.5.